The van der Waals surface area contributed by atoms with Crippen molar-refractivity contribution in [1.82, 2.24) is 4.98 Å². The Morgan fingerprint density at radius 1 is 1.14 bits per heavy atom. The molecule has 3 aromatic rings. The lowest BCUT2D eigenvalue weighted by atomic mass is 10.1. The van der Waals surface area contributed by atoms with Crippen molar-refractivity contribution >= 4 is 32.5 Å². The minimum Gasteiger partial charge on any atom is -1.00 e. The van der Waals surface area contributed by atoms with Crippen molar-refractivity contribution in [2.75, 3.05) is 11.9 Å². The van der Waals surface area contributed by atoms with Gasteiger partial charge in [-0.25, -0.2) is 4.98 Å². The number of nitrogens with one attached hydrogen (secondary N) is 1. The van der Waals surface area contributed by atoms with E-state index in [0.717, 1.165) is 20.9 Å². The van der Waals surface area contributed by atoms with Crippen LogP contribution in [0.3, 0.4) is 0 Å². The zero-order valence-corrected chi connectivity index (χ0v) is 14.8. The number of benzene rings is 2. The molecule has 3 rings (SSSR count). The van der Waals surface area contributed by atoms with E-state index < -0.39 is 0 Å². The maximum atomic E-state index is 12.1. The molecule has 22 heavy (non-hydrogen) atoms. The van der Waals surface area contributed by atoms with Gasteiger partial charge in [0.15, 0.2) is 10.9 Å². The molecule has 0 aliphatic carbocycles. The molecule has 0 bridgehead atoms. The van der Waals surface area contributed by atoms with E-state index in [-0.39, 0.29) is 29.3 Å². The normalized spacial score (nSPS) is 10.3. The molecule has 0 saturated heterocycles. The first-order valence-electron chi connectivity index (χ1n) is 6.84. The Hall–Kier alpha value is -1.72. The maximum absolute atomic E-state index is 12.1. The van der Waals surface area contributed by atoms with Crippen LogP contribution in [0.4, 0.5) is 5.13 Å². The van der Waals surface area contributed by atoms with Crippen molar-refractivity contribution in [2.24, 2.45) is 0 Å². The minimum absolute atomic E-state index is 0. The van der Waals surface area contributed by atoms with E-state index >= 15 is 0 Å². The van der Waals surface area contributed by atoms with Crippen molar-refractivity contribution in [2.45, 2.75) is 13.8 Å². The standard InChI is InChI=1S/C17H16N2OS.BrH/c1-11-8-9-15-16(12(11)2)19-17(21-15)18-10-14(20)13-6-4-3-5-7-13;/h3-9H,10H2,1-2H3,(H,18,19);1H/p-1. The molecule has 0 aliphatic heterocycles. The predicted octanol–water partition coefficient (Wildman–Crippen LogP) is 1.21. The van der Waals surface area contributed by atoms with Crippen LogP contribution in [-0.2, 0) is 0 Å². The first kappa shape index (κ1) is 16.6. The van der Waals surface area contributed by atoms with Gasteiger partial charge in [-0.05, 0) is 31.0 Å². The number of aromatic nitrogens is 1. The smallest absolute Gasteiger partial charge is 0.184 e. The molecule has 0 atom stereocenters. The fourth-order valence-corrected chi connectivity index (χ4v) is 3.10. The van der Waals surface area contributed by atoms with Gasteiger partial charge in [0.2, 0.25) is 0 Å². The van der Waals surface area contributed by atoms with Crippen LogP contribution in [0.25, 0.3) is 10.2 Å². The summed E-state index contributed by atoms with van der Waals surface area (Å²) in [6.07, 6.45) is 0. The number of thiazole rings is 1. The van der Waals surface area contributed by atoms with Crippen LogP contribution in [0.5, 0.6) is 0 Å². The Morgan fingerprint density at radius 3 is 2.59 bits per heavy atom. The Labute approximate surface area is 144 Å². The van der Waals surface area contributed by atoms with Gasteiger partial charge in [-0.3, -0.25) is 4.79 Å². The van der Waals surface area contributed by atoms with Crippen LogP contribution in [0.2, 0.25) is 0 Å². The van der Waals surface area contributed by atoms with Crippen LogP contribution < -0.4 is 22.3 Å². The molecule has 3 nitrogen and oxygen atoms in total. The lowest BCUT2D eigenvalue weighted by Crippen LogP contribution is -3.00. The quantitative estimate of drug-likeness (QED) is 0.697. The molecule has 5 heteroatoms. The highest BCUT2D eigenvalue weighted by Crippen LogP contribution is 2.29. The molecule has 114 valence electrons. The number of Topliss-reactive ketones (excluding diaryl/α,β-unsaturated/α-hetero) is 1. The van der Waals surface area contributed by atoms with Crippen molar-refractivity contribution in [3.8, 4) is 0 Å². The molecule has 0 unspecified atom stereocenters. The first-order valence-corrected chi connectivity index (χ1v) is 7.65. The number of aryl methyl sites for hydroxylation is 2. The molecule has 0 spiro atoms. The topological polar surface area (TPSA) is 42.0 Å². The number of halogens is 1. The summed E-state index contributed by atoms with van der Waals surface area (Å²) in [5, 5.41) is 3.93. The van der Waals surface area contributed by atoms with E-state index in [1.807, 2.05) is 30.3 Å². The van der Waals surface area contributed by atoms with E-state index in [0.29, 0.717) is 0 Å². The second kappa shape index (κ2) is 7.03. The predicted molar refractivity (Wildman–Crippen MR) is 88.4 cm³/mol. The number of carbonyl (C=O) groups is 1. The number of rotatable bonds is 4. The van der Waals surface area contributed by atoms with Gasteiger partial charge in [0, 0.05) is 5.56 Å². The molecule has 0 fully saturated rings. The maximum Gasteiger partial charge on any atom is 0.184 e. The third-order valence-corrected chi connectivity index (χ3v) is 4.56. The molecule has 0 aliphatic rings. The SMILES string of the molecule is Cc1ccc2sc(NCC(=O)c3ccccc3)nc2c1C.[Br-]. The first-order chi connectivity index (χ1) is 10.1. The monoisotopic (exact) mass is 375 g/mol. The zero-order chi connectivity index (χ0) is 14.8. The van der Waals surface area contributed by atoms with Crippen molar-refractivity contribution in [1.29, 1.82) is 0 Å². The molecule has 0 saturated carbocycles. The minimum atomic E-state index is 0. The van der Waals surface area contributed by atoms with Gasteiger partial charge in [0.05, 0.1) is 16.8 Å². The number of anilines is 1. The molecule has 0 amide bonds. The molecule has 1 N–H and O–H groups in total. The Morgan fingerprint density at radius 2 is 1.86 bits per heavy atom. The van der Waals surface area contributed by atoms with E-state index in [4.69, 9.17) is 0 Å². The average Bonchev–Trinajstić information content (AvgIpc) is 2.93. The zero-order valence-electron chi connectivity index (χ0n) is 12.4. The molecule has 2 aromatic carbocycles. The number of hydrogen-bond donors (Lipinski definition) is 1. The summed E-state index contributed by atoms with van der Waals surface area (Å²) in [5.41, 5.74) is 4.18. The molecule has 0 radical (unpaired) electrons. The summed E-state index contributed by atoms with van der Waals surface area (Å²) < 4.78 is 1.15. The number of nitrogens with zero attached hydrogens (tertiary/aromatic N) is 1. The van der Waals surface area contributed by atoms with Gasteiger partial charge in [0.1, 0.15) is 0 Å². The summed E-state index contributed by atoms with van der Waals surface area (Å²) in [7, 11) is 0. The number of carbonyl (C=O) groups excluding carboxylic acids is 1. The van der Waals surface area contributed by atoms with Gasteiger partial charge in [0.25, 0.3) is 0 Å². The number of hydrogen-bond acceptors (Lipinski definition) is 4. The van der Waals surface area contributed by atoms with Gasteiger partial charge >= 0.3 is 0 Å². The van der Waals surface area contributed by atoms with Crippen molar-refractivity contribution < 1.29 is 21.8 Å². The Bertz CT molecular complexity index is 799. The summed E-state index contributed by atoms with van der Waals surface area (Å²) in [6, 6.07) is 13.5. The molecule has 1 heterocycles. The van der Waals surface area contributed by atoms with Crippen LogP contribution in [0, 0.1) is 13.8 Å². The molecular formula is C17H16BrN2OS-. The number of ketones is 1. The van der Waals surface area contributed by atoms with Gasteiger partial charge in [-0.15, -0.1) is 0 Å². The van der Waals surface area contributed by atoms with Gasteiger partial charge in [-0.1, -0.05) is 47.7 Å². The Kier molecular flexibility index (Phi) is 5.32. The Balaban J connectivity index is 0.00000176. The second-order valence-electron chi connectivity index (χ2n) is 5.02. The van der Waals surface area contributed by atoms with Gasteiger partial charge < -0.3 is 22.3 Å². The summed E-state index contributed by atoms with van der Waals surface area (Å²) in [5.74, 6) is 0.0720. The third kappa shape index (κ3) is 3.36. The summed E-state index contributed by atoms with van der Waals surface area (Å²) >= 11 is 1.58. The average molecular weight is 376 g/mol. The highest BCUT2D eigenvalue weighted by molar-refractivity contribution is 7.22. The highest BCUT2D eigenvalue weighted by atomic mass is 79.9. The number of fused-ring (bicyclic) bond motifs is 1. The van der Waals surface area contributed by atoms with E-state index in [1.165, 1.54) is 11.1 Å². The summed E-state index contributed by atoms with van der Waals surface area (Å²) in [4.78, 5) is 16.7. The lowest BCUT2D eigenvalue weighted by molar-refractivity contribution is -0.0000119. The molecule has 1 aromatic heterocycles. The van der Waals surface area contributed by atoms with Crippen molar-refractivity contribution in [3.63, 3.8) is 0 Å². The second-order valence-corrected chi connectivity index (χ2v) is 6.05. The van der Waals surface area contributed by atoms with Crippen LogP contribution in [0.1, 0.15) is 21.5 Å². The fraction of sp³-hybridized carbons (Fsp3) is 0.176. The van der Waals surface area contributed by atoms with E-state index in [1.54, 1.807) is 11.3 Å². The van der Waals surface area contributed by atoms with Crippen LogP contribution >= 0.6 is 11.3 Å². The van der Waals surface area contributed by atoms with Gasteiger partial charge in [-0.2, -0.15) is 0 Å². The lowest BCUT2D eigenvalue weighted by Gasteiger charge is -2.01. The van der Waals surface area contributed by atoms with E-state index in [2.05, 4.69) is 36.3 Å². The highest BCUT2D eigenvalue weighted by Gasteiger charge is 2.09. The van der Waals surface area contributed by atoms with Crippen molar-refractivity contribution in [3.05, 3.63) is 59.2 Å². The van der Waals surface area contributed by atoms with Crippen LogP contribution in [-0.4, -0.2) is 17.3 Å². The van der Waals surface area contributed by atoms with Crippen LogP contribution in [0.15, 0.2) is 42.5 Å². The third-order valence-electron chi connectivity index (χ3n) is 3.58. The summed E-state index contributed by atoms with van der Waals surface area (Å²) in [6.45, 7) is 4.43. The molecular weight excluding hydrogens is 360 g/mol. The fourth-order valence-electron chi connectivity index (χ4n) is 2.18. The van der Waals surface area contributed by atoms with E-state index in [9.17, 15) is 4.79 Å². The largest absolute Gasteiger partial charge is 1.00 e.